The van der Waals surface area contributed by atoms with E-state index < -0.39 is 0 Å². The molecule has 1 saturated carbocycles. The number of halogens is 1. The van der Waals surface area contributed by atoms with Crippen molar-refractivity contribution in [2.75, 3.05) is 11.9 Å². The second kappa shape index (κ2) is 5.66. The van der Waals surface area contributed by atoms with Crippen molar-refractivity contribution in [2.24, 2.45) is 0 Å². The Morgan fingerprint density at radius 3 is 2.90 bits per heavy atom. The predicted octanol–water partition coefficient (Wildman–Crippen LogP) is 2.82. The zero-order chi connectivity index (χ0) is 13.5. The summed E-state index contributed by atoms with van der Waals surface area (Å²) in [6, 6.07) is 5.57. The summed E-state index contributed by atoms with van der Waals surface area (Å²) in [4.78, 5) is 16.6. The van der Waals surface area contributed by atoms with Crippen molar-refractivity contribution in [1.29, 1.82) is 0 Å². The first kappa shape index (κ1) is 14.4. The Morgan fingerprint density at radius 2 is 2.19 bits per heavy atom. The predicted molar refractivity (Wildman–Crippen MR) is 82.9 cm³/mol. The third-order valence-electron chi connectivity index (χ3n) is 3.98. The van der Waals surface area contributed by atoms with Gasteiger partial charge in [0.1, 0.15) is 5.52 Å². The highest BCUT2D eigenvalue weighted by atomic mass is 35.5. The van der Waals surface area contributed by atoms with Crippen molar-refractivity contribution in [1.82, 2.24) is 10.3 Å². The van der Waals surface area contributed by atoms with Gasteiger partial charge in [0.05, 0.1) is 6.04 Å². The largest absolute Gasteiger partial charge is 0.440 e. The van der Waals surface area contributed by atoms with Crippen LogP contribution in [0.1, 0.15) is 37.5 Å². The Morgan fingerprint density at radius 1 is 1.33 bits per heavy atom. The van der Waals surface area contributed by atoms with Crippen LogP contribution in [-0.4, -0.2) is 23.5 Å². The molecule has 1 aliphatic heterocycles. The van der Waals surface area contributed by atoms with Gasteiger partial charge in [0, 0.05) is 11.6 Å². The number of carbonyl (C=O) groups excluding carboxylic acids is 1. The number of nitrogens with zero attached hydrogens (tertiary/aromatic N) is 1. The van der Waals surface area contributed by atoms with Gasteiger partial charge in [-0.25, -0.2) is 4.98 Å². The molecule has 1 aromatic carbocycles. The van der Waals surface area contributed by atoms with Crippen molar-refractivity contribution in [2.45, 2.75) is 37.6 Å². The molecule has 0 bridgehead atoms. The monoisotopic (exact) mass is 307 g/mol. The van der Waals surface area contributed by atoms with Crippen LogP contribution in [-0.2, 0) is 4.79 Å². The van der Waals surface area contributed by atoms with Crippen LogP contribution in [0, 0.1) is 0 Å². The van der Waals surface area contributed by atoms with Crippen molar-refractivity contribution < 1.29 is 9.21 Å². The van der Waals surface area contributed by atoms with E-state index in [1.807, 2.05) is 18.2 Å². The van der Waals surface area contributed by atoms with Crippen LogP contribution in [0.2, 0.25) is 0 Å². The maximum absolute atomic E-state index is 12.1. The fraction of sp³-hybridized carbons (Fsp3) is 0.467. The smallest absolute Gasteiger partial charge is 0.241 e. The minimum atomic E-state index is -0.0648. The molecule has 112 valence electrons. The summed E-state index contributed by atoms with van der Waals surface area (Å²) in [6.07, 6.45) is 4.31. The lowest BCUT2D eigenvalue weighted by Gasteiger charge is -2.10. The Balaban J connectivity index is 0.00000132. The summed E-state index contributed by atoms with van der Waals surface area (Å²) in [5, 5.41) is 6.14. The average molecular weight is 308 g/mol. The molecule has 2 heterocycles. The molecule has 1 unspecified atom stereocenters. The number of amides is 1. The number of anilines is 1. The minimum absolute atomic E-state index is 0. The van der Waals surface area contributed by atoms with E-state index >= 15 is 0 Å². The second-order valence-electron chi connectivity index (χ2n) is 5.65. The summed E-state index contributed by atoms with van der Waals surface area (Å²) >= 11 is 0. The van der Waals surface area contributed by atoms with Gasteiger partial charge in [0.15, 0.2) is 11.5 Å². The van der Waals surface area contributed by atoms with Crippen molar-refractivity contribution in [3.05, 3.63) is 24.1 Å². The van der Waals surface area contributed by atoms with Crippen LogP contribution < -0.4 is 10.6 Å². The number of rotatable bonds is 3. The topological polar surface area (TPSA) is 67.2 Å². The summed E-state index contributed by atoms with van der Waals surface area (Å²) in [6.45, 7) is 0.922. The third-order valence-corrected chi connectivity index (χ3v) is 3.98. The Labute approximate surface area is 128 Å². The molecular formula is C15H18ClN3O2. The number of benzene rings is 1. The lowest BCUT2D eigenvalue weighted by Crippen LogP contribution is -2.35. The fourth-order valence-corrected chi connectivity index (χ4v) is 2.67. The average Bonchev–Trinajstić information content (AvgIpc) is 3.00. The zero-order valence-electron chi connectivity index (χ0n) is 11.6. The molecule has 0 spiro atoms. The van der Waals surface area contributed by atoms with E-state index in [-0.39, 0.29) is 24.4 Å². The van der Waals surface area contributed by atoms with Crippen LogP contribution in [0.25, 0.3) is 11.1 Å². The quantitative estimate of drug-likeness (QED) is 0.915. The first-order chi connectivity index (χ1) is 9.79. The van der Waals surface area contributed by atoms with Crippen LogP contribution in [0.5, 0.6) is 0 Å². The van der Waals surface area contributed by atoms with E-state index in [9.17, 15) is 4.79 Å². The summed E-state index contributed by atoms with van der Waals surface area (Å²) in [5.41, 5.74) is 2.40. The number of hydrogen-bond donors (Lipinski definition) is 2. The Hall–Kier alpha value is -1.59. The van der Waals surface area contributed by atoms with Crippen LogP contribution in [0.4, 0.5) is 5.69 Å². The van der Waals surface area contributed by atoms with Gasteiger partial charge in [-0.15, -0.1) is 12.4 Å². The molecule has 21 heavy (non-hydrogen) atoms. The number of carbonyl (C=O) groups is 1. The Bertz CT molecular complexity index is 660. The van der Waals surface area contributed by atoms with Crippen molar-refractivity contribution in [3.8, 4) is 0 Å². The van der Waals surface area contributed by atoms with E-state index in [2.05, 4.69) is 15.6 Å². The van der Waals surface area contributed by atoms with Crippen LogP contribution in [0.3, 0.4) is 0 Å². The Kier molecular flexibility index (Phi) is 3.87. The maximum atomic E-state index is 12.1. The summed E-state index contributed by atoms with van der Waals surface area (Å²) in [7, 11) is 0. The van der Waals surface area contributed by atoms with E-state index in [1.54, 1.807) is 0 Å². The van der Waals surface area contributed by atoms with Gasteiger partial charge in [-0.05, 0) is 50.4 Å². The molecule has 6 heteroatoms. The fourth-order valence-electron chi connectivity index (χ4n) is 2.67. The first-order valence-electron chi connectivity index (χ1n) is 7.24. The molecule has 4 rings (SSSR count). The van der Waals surface area contributed by atoms with Gasteiger partial charge in [0.25, 0.3) is 0 Å². The van der Waals surface area contributed by atoms with Crippen LogP contribution >= 0.6 is 12.4 Å². The summed E-state index contributed by atoms with van der Waals surface area (Å²) < 4.78 is 5.72. The highest BCUT2D eigenvalue weighted by molar-refractivity contribution is 5.96. The van der Waals surface area contributed by atoms with Gasteiger partial charge in [-0.2, -0.15) is 0 Å². The molecule has 5 nitrogen and oxygen atoms in total. The normalized spacial score (nSPS) is 21.2. The van der Waals surface area contributed by atoms with E-state index in [0.29, 0.717) is 5.92 Å². The minimum Gasteiger partial charge on any atom is -0.440 e. The number of oxazole rings is 1. The molecule has 2 aliphatic rings. The second-order valence-corrected chi connectivity index (χ2v) is 5.65. The number of nitrogens with one attached hydrogen (secondary N) is 2. The number of hydrogen-bond acceptors (Lipinski definition) is 4. The molecule has 0 radical (unpaired) electrons. The van der Waals surface area contributed by atoms with Gasteiger partial charge >= 0.3 is 0 Å². The molecule has 1 aliphatic carbocycles. The van der Waals surface area contributed by atoms with E-state index in [1.165, 1.54) is 12.8 Å². The first-order valence-corrected chi connectivity index (χ1v) is 7.24. The van der Waals surface area contributed by atoms with Crippen molar-refractivity contribution in [3.63, 3.8) is 0 Å². The van der Waals surface area contributed by atoms with Gasteiger partial charge < -0.3 is 15.1 Å². The molecule has 1 amide bonds. The molecular weight excluding hydrogens is 290 g/mol. The molecule has 1 saturated heterocycles. The molecule has 1 atom stereocenters. The molecule has 1 aromatic heterocycles. The SMILES string of the molecule is Cl.O=C(Nc1ccc2oc(C3CC3)nc2c1)C1CCCN1. The van der Waals surface area contributed by atoms with Gasteiger partial charge in [0.2, 0.25) is 5.91 Å². The summed E-state index contributed by atoms with van der Waals surface area (Å²) in [5.74, 6) is 1.37. The maximum Gasteiger partial charge on any atom is 0.241 e. The lowest BCUT2D eigenvalue weighted by molar-refractivity contribution is -0.117. The third kappa shape index (κ3) is 2.89. The van der Waals surface area contributed by atoms with E-state index in [4.69, 9.17) is 4.42 Å². The zero-order valence-corrected chi connectivity index (χ0v) is 12.4. The highest BCUT2D eigenvalue weighted by Crippen LogP contribution is 2.40. The molecule has 2 N–H and O–H groups in total. The number of fused-ring (bicyclic) bond motifs is 1. The van der Waals surface area contributed by atoms with Gasteiger partial charge in [-0.3, -0.25) is 4.79 Å². The highest BCUT2D eigenvalue weighted by Gasteiger charge is 2.29. The molecule has 2 aromatic rings. The van der Waals surface area contributed by atoms with Crippen molar-refractivity contribution >= 4 is 35.1 Å². The lowest BCUT2D eigenvalue weighted by atomic mass is 10.2. The standard InChI is InChI=1S/C15H17N3O2.ClH/c19-14(11-2-1-7-16-11)17-10-5-6-13-12(8-10)18-15(20-13)9-3-4-9;/h5-6,8-9,11,16H,1-4,7H2,(H,17,19);1H. The van der Waals surface area contributed by atoms with Crippen LogP contribution in [0.15, 0.2) is 22.6 Å². The number of aromatic nitrogens is 1. The molecule has 2 fully saturated rings. The van der Waals surface area contributed by atoms with E-state index in [0.717, 1.165) is 42.1 Å². The van der Waals surface area contributed by atoms with Gasteiger partial charge in [-0.1, -0.05) is 0 Å².